The van der Waals surface area contributed by atoms with Crippen LogP contribution in [0.25, 0.3) is 5.57 Å². The summed E-state index contributed by atoms with van der Waals surface area (Å²) in [5.74, 6) is -0.647. The minimum Gasteiger partial charge on any atom is -0.492 e. The van der Waals surface area contributed by atoms with E-state index < -0.39 is 16.7 Å². The van der Waals surface area contributed by atoms with E-state index in [4.69, 9.17) is 16.3 Å². The predicted molar refractivity (Wildman–Crippen MR) is 125 cm³/mol. The number of rotatable bonds is 7. The molecular weight excluding hydrogens is 446 g/mol. The Labute approximate surface area is 194 Å². The van der Waals surface area contributed by atoms with Crippen molar-refractivity contribution in [1.82, 2.24) is 0 Å². The van der Waals surface area contributed by atoms with Crippen molar-refractivity contribution in [2.24, 2.45) is 0 Å². The molecule has 9 heteroatoms. The number of carbonyl (C=O) groups is 2. The molecule has 0 spiro atoms. The van der Waals surface area contributed by atoms with Crippen molar-refractivity contribution in [2.75, 3.05) is 16.8 Å². The molecule has 2 amide bonds. The Hall–Kier alpha value is -4.17. The Morgan fingerprint density at radius 1 is 1.00 bits per heavy atom. The van der Waals surface area contributed by atoms with Crippen LogP contribution >= 0.6 is 11.6 Å². The third-order valence-corrected chi connectivity index (χ3v) is 5.20. The average molecular weight is 464 g/mol. The summed E-state index contributed by atoms with van der Waals surface area (Å²) >= 11 is 6.08. The quantitative estimate of drug-likeness (QED) is 0.299. The number of nitrogens with zero attached hydrogens (tertiary/aromatic N) is 2. The van der Waals surface area contributed by atoms with E-state index in [0.717, 1.165) is 4.90 Å². The molecule has 0 bridgehead atoms. The molecule has 0 saturated heterocycles. The molecule has 0 aliphatic carbocycles. The van der Waals surface area contributed by atoms with Crippen LogP contribution in [-0.4, -0.2) is 23.3 Å². The van der Waals surface area contributed by atoms with Crippen molar-refractivity contribution in [3.05, 3.63) is 99.2 Å². The van der Waals surface area contributed by atoms with Gasteiger partial charge in [0.05, 0.1) is 28.5 Å². The Bertz CT molecular complexity index is 1290. The largest absolute Gasteiger partial charge is 0.492 e. The van der Waals surface area contributed by atoms with Crippen molar-refractivity contribution in [3.8, 4) is 5.75 Å². The SMILES string of the molecule is CCOc1ccccc1NC1=C(c2ccc([N+](=O)[O-])cc2)C(=O)N(c2cccc(Cl)c2)C1=O. The summed E-state index contributed by atoms with van der Waals surface area (Å²) in [6.07, 6.45) is 0. The minimum atomic E-state index is -0.582. The molecule has 166 valence electrons. The summed E-state index contributed by atoms with van der Waals surface area (Å²) in [7, 11) is 0. The molecular formula is C24H18ClN3O5. The van der Waals surface area contributed by atoms with Crippen molar-refractivity contribution >= 4 is 46.1 Å². The van der Waals surface area contributed by atoms with Crippen molar-refractivity contribution < 1.29 is 19.2 Å². The Morgan fingerprint density at radius 3 is 2.39 bits per heavy atom. The van der Waals surface area contributed by atoms with Gasteiger partial charge in [-0.3, -0.25) is 19.7 Å². The molecule has 3 aromatic rings. The number of ether oxygens (including phenoxy) is 1. The number of halogens is 1. The van der Waals surface area contributed by atoms with Crippen molar-refractivity contribution in [1.29, 1.82) is 0 Å². The van der Waals surface area contributed by atoms with Gasteiger partial charge in [-0.15, -0.1) is 0 Å². The zero-order chi connectivity index (χ0) is 23.5. The maximum Gasteiger partial charge on any atom is 0.282 e. The topological polar surface area (TPSA) is 102 Å². The molecule has 1 aliphatic heterocycles. The normalized spacial score (nSPS) is 13.5. The summed E-state index contributed by atoms with van der Waals surface area (Å²) in [6, 6.07) is 18.9. The molecule has 3 aromatic carbocycles. The highest BCUT2D eigenvalue weighted by Crippen LogP contribution is 2.36. The molecule has 1 aliphatic rings. The standard InChI is InChI=1S/C24H18ClN3O5/c1-2-33-20-9-4-3-8-19(20)26-22-21(15-10-12-17(13-11-15)28(31)32)23(29)27(24(22)30)18-7-5-6-16(25)14-18/h3-14,26H,2H2,1H3. The van der Waals surface area contributed by atoms with Crippen LogP contribution in [0, 0.1) is 10.1 Å². The lowest BCUT2D eigenvalue weighted by Crippen LogP contribution is -2.32. The number of benzene rings is 3. The summed E-state index contributed by atoms with van der Waals surface area (Å²) in [5.41, 5.74) is 1.16. The second-order valence-corrected chi connectivity index (χ2v) is 7.47. The van der Waals surface area contributed by atoms with E-state index in [1.54, 1.807) is 42.5 Å². The van der Waals surface area contributed by atoms with Gasteiger partial charge in [-0.1, -0.05) is 29.8 Å². The molecule has 1 heterocycles. The highest BCUT2D eigenvalue weighted by atomic mass is 35.5. The second-order valence-electron chi connectivity index (χ2n) is 7.03. The number of nitrogens with one attached hydrogen (secondary N) is 1. The molecule has 1 N–H and O–H groups in total. The predicted octanol–water partition coefficient (Wildman–Crippen LogP) is 5.04. The van der Waals surface area contributed by atoms with Gasteiger partial charge in [-0.05, 0) is 55.0 Å². The number of hydrogen-bond acceptors (Lipinski definition) is 6. The van der Waals surface area contributed by atoms with Crippen molar-refractivity contribution in [2.45, 2.75) is 6.92 Å². The first kappa shape index (κ1) is 22.0. The number of nitro groups is 1. The van der Waals surface area contributed by atoms with Gasteiger partial charge in [0.25, 0.3) is 17.5 Å². The smallest absolute Gasteiger partial charge is 0.282 e. The summed E-state index contributed by atoms with van der Waals surface area (Å²) < 4.78 is 5.63. The molecule has 0 fully saturated rings. The van der Waals surface area contributed by atoms with Gasteiger partial charge in [0.2, 0.25) is 0 Å². The van der Waals surface area contributed by atoms with Gasteiger partial charge in [-0.2, -0.15) is 0 Å². The zero-order valence-corrected chi connectivity index (χ0v) is 18.2. The number of hydrogen-bond donors (Lipinski definition) is 1. The van der Waals surface area contributed by atoms with Crippen LogP contribution in [-0.2, 0) is 9.59 Å². The molecule has 4 rings (SSSR count). The van der Waals surface area contributed by atoms with Gasteiger partial charge in [-0.25, -0.2) is 4.90 Å². The second kappa shape index (κ2) is 9.13. The Balaban J connectivity index is 1.83. The van der Waals surface area contributed by atoms with Crippen LogP contribution in [0.4, 0.5) is 17.1 Å². The molecule has 0 aromatic heterocycles. The first-order valence-corrected chi connectivity index (χ1v) is 10.4. The third-order valence-electron chi connectivity index (χ3n) is 4.96. The number of imide groups is 1. The molecule has 0 saturated carbocycles. The fourth-order valence-corrected chi connectivity index (χ4v) is 3.68. The summed E-state index contributed by atoms with van der Waals surface area (Å²) in [4.78, 5) is 38.4. The van der Waals surface area contributed by atoms with Gasteiger partial charge in [0, 0.05) is 17.2 Å². The number of anilines is 2. The maximum atomic E-state index is 13.5. The average Bonchev–Trinajstić information content (AvgIpc) is 3.04. The van der Waals surface area contributed by atoms with Gasteiger partial charge in [0.15, 0.2) is 0 Å². The fourth-order valence-electron chi connectivity index (χ4n) is 3.50. The van der Waals surface area contributed by atoms with Crippen LogP contribution in [0.5, 0.6) is 5.75 Å². The highest BCUT2D eigenvalue weighted by molar-refractivity contribution is 6.46. The molecule has 33 heavy (non-hydrogen) atoms. The molecule has 0 radical (unpaired) electrons. The van der Waals surface area contributed by atoms with Gasteiger partial charge in [0.1, 0.15) is 11.4 Å². The van der Waals surface area contributed by atoms with E-state index in [0.29, 0.717) is 34.3 Å². The molecule has 0 atom stereocenters. The number of nitro benzene ring substituents is 1. The van der Waals surface area contributed by atoms with E-state index >= 15 is 0 Å². The Kier molecular flexibility index (Phi) is 6.10. The third kappa shape index (κ3) is 4.28. The van der Waals surface area contributed by atoms with E-state index in [1.807, 2.05) is 6.92 Å². The van der Waals surface area contributed by atoms with Crippen LogP contribution < -0.4 is 15.0 Å². The number of amides is 2. The van der Waals surface area contributed by atoms with Crippen LogP contribution in [0.1, 0.15) is 12.5 Å². The first-order valence-electron chi connectivity index (χ1n) is 10.0. The summed E-state index contributed by atoms with van der Waals surface area (Å²) in [5, 5.41) is 14.5. The fraction of sp³-hybridized carbons (Fsp3) is 0.0833. The van der Waals surface area contributed by atoms with Crippen LogP contribution in [0.3, 0.4) is 0 Å². The molecule has 8 nitrogen and oxygen atoms in total. The lowest BCUT2D eigenvalue weighted by Gasteiger charge is -2.16. The maximum absolute atomic E-state index is 13.5. The van der Waals surface area contributed by atoms with Crippen LogP contribution in [0.15, 0.2) is 78.5 Å². The monoisotopic (exact) mass is 463 g/mol. The van der Waals surface area contributed by atoms with E-state index in [1.165, 1.54) is 30.3 Å². The van der Waals surface area contributed by atoms with E-state index in [9.17, 15) is 19.7 Å². The first-order chi connectivity index (χ1) is 15.9. The highest BCUT2D eigenvalue weighted by Gasteiger charge is 2.40. The Morgan fingerprint density at radius 2 is 1.73 bits per heavy atom. The summed E-state index contributed by atoms with van der Waals surface area (Å²) in [6.45, 7) is 2.25. The lowest BCUT2D eigenvalue weighted by molar-refractivity contribution is -0.384. The van der Waals surface area contributed by atoms with E-state index in [2.05, 4.69) is 5.32 Å². The number of para-hydroxylation sites is 2. The lowest BCUT2D eigenvalue weighted by atomic mass is 10.0. The number of carbonyl (C=O) groups excluding carboxylic acids is 2. The van der Waals surface area contributed by atoms with E-state index in [-0.39, 0.29) is 17.0 Å². The minimum absolute atomic E-state index is 0.0287. The van der Waals surface area contributed by atoms with Gasteiger partial charge >= 0.3 is 0 Å². The van der Waals surface area contributed by atoms with Crippen molar-refractivity contribution in [3.63, 3.8) is 0 Å². The zero-order valence-electron chi connectivity index (χ0n) is 17.4. The van der Waals surface area contributed by atoms with Crippen LogP contribution in [0.2, 0.25) is 5.02 Å². The van der Waals surface area contributed by atoms with Gasteiger partial charge < -0.3 is 10.1 Å². The number of non-ortho nitro benzene ring substituents is 1. The molecule has 0 unspecified atom stereocenters.